The van der Waals surface area contributed by atoms with Crippen LogP contribution in [-0.2, 0) is 4.79 Å². The van der Waals surface area contributed by atoms with E-state index in [9.17, 15) is 9.18 Å². The van der Waals surface area contributed by atoms with Crippen molar-refractivity contribution in [2.45, 2.75) is 5.37 Å². The smallest absolute Gasteiger partial charge is 0.233 e. The molecule has 1 amide bonds. The number of nitrogens with one attached hydrogen (secondary N) is 1. The van der Waals surface area contributed by atoms with E-state index in [2.05, 4.69) is 10.2 Å². The summed E-state index contributed by atoms with van der Waals surface area (Å²) in [5.74, 6) is 0.404. The summed E-state index contributed by atoms with van der Waals surface area (Å²) in [6.45, 7) is 5.68. The number of hydrogen-bond donors (Lipinski definition) is 1. The van der Waals surface area contributed by atoms with Crippen molar-refractivity contribution in [3.05, 3.63) is 35.6 Å². The number of benzene rings is 1. The summed E-state index contributed by atoms with van der Waals surface area (Å²) in [5, 5.41) is 3.28. The quantitative estimate of drug-likeness (QED) is 0.909. The molecule has 0 aromatic heterocycles. The zero-order valence-electron chi connectivity index (χ0n) is 11.9. The minimum Gasteiger partial charge on any atom is -0.325 e. The molecular formula is C15H20FN3OS. The maximum atomic E-state index is 13.4. The number of rotatable bonds is 4. The van der Waals surface area contributed by atoms with Crippen molar-refractivity contribution in [2.24, 2.45) is 0 Å². The number of hydrogen-bond acceptors (Lipinski definition) is 4. The van der Waals surface area contributed by atoms with Gasteiger partial charge in [-0.3, -0.25) is 9.69 Å². The molecule has 2 heterocycles. The highest BCUT2D eigenvalue weighted by atomic mass is 32.2. The van der Waals surface area contributed by atoms with Crippen LogP contribution >= 0.6 is 11.8 Å². The van der Waals surface area contributed by atoms with Crippen molar-refractivity contribution >= 4 is 17.7 Å². The van der Waals surface area contributed by atoms with Gasteiger partial charge in [-0.1, -0.05) is 12.1 Å². The van der Waals surface area contributed by atoms with E-state index < -0.39 is 0 Å². The third-order valence-corrected chi connectivity index (χ3v) is 5.22. The highest BCUT2D eigenvalue weighted by Crippen LogP contribution is 2.38. The Kier molecular flexibility index (Phi) is 4.77. The summed E-state index contributed by atoms with van der Waals surface area (Å²) in [4.78, 5) is 16.4. The third kappa shape index (κ3) is 3.56. The molecule has 21 heavy (non-hydrogen) atoms. The maximum absolute atomic E-state index is 13.4. The van der Waals surface area contributed by atoms with Crippen molar-refractivity contribution in [1.82, 2.24) is 15.1 Å². The van der Waals surface area contributed by atoms with Gasteiger partial charge in [0.15, 0.2) is 0 Å². The number of halogens is 1. The SMILES string of the molecule is O=C1CS[C@@H](c2cccc(F)c2)N1CCN1CCNCC1. The lowest BCUT2D eigenvalue weighted by molar-refractivity contribution is -0.128. The normalized spacial score (nSPS) is 23.8. The standard InChI is InChI=1S/C15H20FN3OS/c16-13-3-1-2-12(10-13)15-19(14(20)11-21-15)9-8-18-6-4-17-5-7-18/h1-3,10,15,17H,4-9,11H2/t15-/m0/s1. The summed E-state index contributed by atoms with van der Waals surface area (Å²) < 4.78 is 13.4. The fraction of sp³-hybridized carbons (Fsp3) is 0.533. The number of piperazine rings is 1. The Bertz CT molecular complexity index is 507. The zero-order valence-corrected chi connectivity index (χ0v) is 12.7. The first kappa shape index (κ1) is 14.8. The van der Waals surface area contributed by atoms with Crippen LogP contribution in [0.4, 0.5) is 4.39 Å². The van der Waals surface area contributed by atoms with Gasteiger partial charge in [0, 0.05) is 39.3 Å². The van der Waals surface area contributed by atoms with E-state index in [1.165, 1.54) is 12.1 Å². The van der Waals surface area contributed by atoms with E-state index >= 15 is 0 Å². The molecule has 1 aromatic rings. The molecule has 2 aliphatic heterocycles. The molecule has 0 saturated carbocycles. The molecule has 0 aliphatic carbocycles. The molecule has 1 N–H and O–H groups in total. The molecule has 3 rings (SSSR count). The second kappa shape index (κ2) is 6.77. The zero-order chi connectivity index (χ0) is 14.7. The van der Waals surface area contributed by atoms with Crippen molar-refractivity contribution < 1.29 is 9.18 Å². The highest BCUT2D eigenvalue weighted by Gasteiger charge is 2.32. The Morgan fingerprint density at radius 2 is 2.10 bits per heavy atom. The highest BCUT2D eigenvalue weighted by molar-refractivity contribution is 8.00. The van der Waals surface area contributed by atoms with Crippen LogP contribution in [-0.4, -0.2) is 60.7 Å². The van der Waals surface area contributed by atoms with Gasteiger partial charge in [-0.15, -0.1) is 11.8 Å². The van der Waals surface area contributed by atoms with Crippen LogP contribution in [0.15, 0.2) is 24.3 Å². The first-order valence-electron chi connectivity index (χ1n) is 7.33. The average Bonchev–Trinajstić information content (AvgIpc) is 2.87. The summed E-state index contributed by atoms with van der Waals surface area (Å²) >= 11 is 1.59. The number of thioether (sulfide) groups is 1. The first-order chi connectivity index (χ1) is 10.2. The molecule has 0 radical (unpaired) electrons. The number of amides is 1. The molecule has 0 spiro atoms. The van der Waals surface area contributed by atoms with Gasteiger partial charge >= 0.3 is 0 Å². The Hall–Kier alpha value is -1.11. The minimum atomic E-state index is -0.241. The van der Waals surface area contributed by atoms with Crippen molar-refractivity contribution in [2.75, 3.05) is 45.0 Å². The summed E-state index contributed by atoms with van der Waals surface area (Å²) in [5.41, 5.74) is 0.881. The largest absolute Gasteiger partial charge is 0.325 e. The van der Waals surface area contributed by atoms with Crippen LogP contribution in [0.1, 0.15) is 10.9 Å². The molecule has 1 aromatic carbocycles. The molecule has 114 valence electrons. The summed E-state index contributed by atoms with van der Waals surface area (Å²) in [6.07, 6.45) is 0. The second-order valence-corrected chi connectivity index (χ2v) is 6.47. The van der Waals surface area contributed by atoms with Gasteiger partial charge < -0.3 is 10.2 Å². The molecular weight excluding hydrogens is 289 g/mol. The topological polar surface area (TPSA) is 35.6 Å². The lowest BCUT2D eigenvalue weighted by Crippen LogP contribution is -2.46. The Balaban J connectivity index is 1.65. The first-order valence-corrected chi connectivity index (χ1v) is 8.38. The van der Waals surface area contributed by atoms with Gasteiger partial charge in [0.1, 0.15) is 11.2 Å². The van der Waals surface area contributed by atoms with Crippen molar-refractivity contribution in [3.8, 4) is 0 Å². The van der Waals surface area contributed by atoms with Crippen LogP contribution in [0.3, 0.4) is 0 Å². The van der Waals surface area contributed by atoms with Gasteiger partial charge in [0.2, 0.25) is 5.91 Å². The molecule has 6 heteroatoms. The van der Waals surface area contributed by atoms with Gasteiger partial charge in [-0.25, -0.2) is 4.39 Å². The van der Waals surface area contributed by atoms with Gasteiger partial charge in [0.05, 0.1) is 5.75 Å². The maximum Gasteiger partial charge on any atom is 0.233 e. The molecule has 2 fully saturated rings. The number of carbonyl (C=O) groups is 1. The predicted octanol–water partition coefficient (Wildman–Crippen LogP) is 1.30. The fourth-order valence-electron chi connectivity index (χ4n) is 2.82. The average molecular weight is 309 g/mol. The van der Waals surface area contributed by atoms with Crippen LogP contribution < -0.4 is 5.32 Å². The summed E-state index contributed by atoms with van der Waals surface area (Å²) in [7, 11) is 0. The van der Waals surface area contributed by atoms with Crippen molar-refractivity contribution in [1.29, 1.82) is 0 Å². The van der Waals surface area contributed by atoms with Gasteiger partial charge in [0.25, 0.3) is 0 Å². The van der Waals surface area contributed by atoms with E-state index in [4.69, 9.17) is 0 Å². The monoisotopic (exact) mass is 309 g/mol. The van der Waals surface area contributed by atoms with Crippen molar-refractivity contribution in [3.63, 3.8) is 0 Å². The molecule has 2 saturated heterocycles. The van der Waals surface area contributed by atoms with E-state index in [0.717, 1.165) is 38.3 Å². The molecule has 4 nitrogen and oxygen atoms in total. The minimum absolute atomic E-state index is 0.0453. The van der Waals surface area contributed by atoms with Crippen LogP contribution in [0, 0.1) is 5.82 Å². The van der Waals surface area contributed by atoms with E-state index in [1.54, 1.807) is 17.8 Å². The Morgan fingerprint density at radius 3 is 2.86 bits per heavy atom. The lowest BCUT2D eigenvalue weighted by Gasteiger charge is -2.31. The third-order valence-electron chi connectivity index (χ3n) is 3.97. The van der Waals surface area contributed by atoms with E-state index in [1.807, 2.05) is 11.0 Å². The number of carbonyl (C=O) groups excluding carboxylic acids is 1. The van der Waals surface area contributed by atoms with Gasteiger partial charge in [-0.2, -0.15) is 0 Å². The Labute approximate surface area is 128 Å². The molecule has 1 atom stereocenters. The fourth-order valence-corrected chi connectivity index (χ4v) is 4.02. The molecule has 2 aliphatic rings. The van der Waals surface area contributed by atoms with Crippen LogP contribution in [0.2, 0.25) is 0 Å². The summed E-state index contributed by atoms with van der Waals surface area (Å²) in [6, 6.07) is 6.59. The Morgan fingerprint density at radius 1 is 1.29 bits per heavy atom. The van der Waals surface area contributed by atoms with Crippen LogP contribution in [0.5, 0.6) is 0 Å². The predicted molar refractivity (Wildman–Crippen MR) is 82.6 cm³/mol. The van der Waals surface area contributed by atoms with E-state index in [-0.39, 0.29) is 17.1 Å². The second-order valence-electron chi connectivity index (χ2n) is 5.40. The van der Waals surface area contributed by atoms with Gasteiger partial charge in [-0.05, 0) is 17.7 Å². The van der Waals surface area contributed by atoms with E-state index in [0.29, 0.717) is 12.3 Å². The number of nitrogens with zero attached hydrogens (tertiary/aromatic N) is 2. The molecule has 0 unspecified atom stereocenters. The molecule has 0 bridgehead atoms. The lowest BCUT2D eigenvalue weighted by atomic mass is 10.2. The van der Waals surface area contributed by atoms with Crippen LogP contribution in [0.25, 0.3) is 0 Å².